The number of aliphatic hydroxyl groups is 1. The van der Waals surface area contributed by atoms with Gasteiger partial charge < -0.3 is 5.11 Å². The third-order valence-electron chi connectivity index (χ3n) is 4.58. The Morgan fingerprint density at radius 2 is 1.80 bits per heavy atom. The Balaban J connectivity index is 2.51. The van der Waals surface area contributed by atoms with Crippen LogP contribution in [0.5, 0.6) is 0 Å². The lowest BCUT2D eigenvalue weighted by atomic mass is 9.65. The molecular weight excluding hydrogens is 260 g/mol. The van der Waals surface area contributed by atoms with Gasteiger partial charge in [-0.25, -0.2) is 8.78 Å². The molecule has 0 spiro atoms. The van der Waals surface area contributed by atoms with Crippen LogP contribution in [0, 0.1) is 28.4 Å². The summed E-state index contributed by atoms with van der Waals surface area (Å²) in [7, 11) is 0. The molecule has 1 fully saturated rings. The predicted molar refractivity (Wildman–Crippen MR) is 71.7 cm³/mol. The SMILES string of the molecule is CC(O)(c1cccc(F)c1F)C1(C#N)CCCCCC1. The highest BCUT2D eigenvalue weighted by atomic mass is 19.2. The molecule has 2 nitrogen and oxygen atoms in total. The van der Waals surface area contributed by atoms with Gasteiger partial charge in [-0.3, -0.25) is 0 Å². The van der Waals surface area contributed by atoms with Crippen molar-refractivity contribution in [2.45, 2.75) is 51.0 Å². The van der Waals surface area contributed by atoms with Crippen LogP contribution in [0.4, 0.5) is 8.78 Å². The molecule has 1 unspecified atom stereocenters. The molecule has 1 atom stereocenters. The highest BCUT2D eigenvalue weighted by Crippen LogP contribution is 2.49. The minimum atomic E-state index is -1.70. The molecule has 4 heteroatoms. The molecule has 1 aliphatic rings. The Morgan fingerprint density at radius 3 is 2.35 bits per heavy atom. The van der Waals surface area contributed by atoms with E-state index in [1.165, 1.54) is 19.1 Å². The smallest absolute Gasteiger partial charge is 0.164 e. The summed E-state index contributed by atoms with van der Waals surface area (Å²) in [5, 5.41) is 20.5. The number of nitriles is 1. The molecule has 0 aromatic heterocycles. The fourth-order valence-electron chi connectivity index (χ4n) is 3.18. The second kappa shape index (κ2) is 5.49. The van der Waals surface area contributed by atoms with E-state index in [1.54, 1.807) is 0 Å². The van der Waals surface area contributed by atoms with Crippen LogP contribution in [0.15, 0.2) is 18.2 Å². The Bertz CT molecular complexity index is 526. The zero-order valence-corrected chi connectivity index (χ0v) is 11.6. The normalized spacial score (nSPS) is 21.6. The molecule has 1 N–H and O–H groups in total. The summed E-state index contributed by atoms with van der Waals surface area (Å²) in [5.74, 6) is -2.05. The van der Waals surface area contributed by atoms with Gasteiger partial charge in [0.15, 0.2) is 11.6 Å². The number of halogens is 2. The van der Waals surface area contributed by atoms with Gasteiger partial charge in [0, 0.05) is 5.56 Å². The molecule has 0 radical (unpaired) electrons. The van der Waals surface area contributed by atoms with Gasteiger partial charge in [0.25, 0.3) is 0 Å². The number of nitrogens with zero attached hydrogens (tertiary/aromatic N) is 1. The van der Waals surface area contributed by atoms with E-state index in [0.717, 1.165) is 31.7 Å². The highest BCUT2D eigenvalue weighted by molar-refractivity contribution is 5.30. The van der Waals surface area contributed by atoms with Crippen molar-refractivity contribution in [2.75, 3.05) is 0 Å². The summed E-state index contributed by atoms with van der Waals surface area (Å²) in [6, 6.07) is 5.95. The van der Waals surface area contributed by atoms with E-state index in [-0.39, 0.29) is 5.56 Å². The number of hydrogen-bond donors (Lipinski definition) is 1. The van der Waals surface area contributed by atoms with Gasteiger partial charge >= 0.3 is 0 Å². The fourth-order valence-corrected chi connectivity index (χ4v) is 3.18. The molecule has 0 bridgehead atoms. The fraction of sp³-hybridized carbons (Fsp3) is 0.562. The first-order valence-electron chi connectivity index (χ1n) is 7.03. The zero-order chi connectivity index (χ0) is 14.8. The van der Waals surface area contributed by atoms with E-state index in [4.69, 9.17) is 0 Å². The molecule has 1 aliphatic carbocycles. The van der Waals surface area contributed by atoms with Gasteiger partial charge in [0.2, 0.25) is 0 Å². The van der Waals surface area contributed by atoms with Gasteiger partial charge in [-0.2, -0.15) is 5.26 Å². The quantitative estimate of drug-likeness (QED) is 0.830. The summed E-state index contributed by atoms with van der Waals surface area (Å²) in [6.45, 7) is 1.43. The average Bonchev–Trinajstić information content (AvgIpc) is 2.68. The Labute approximate surface area is 118 Å². The van der Waals surface area contributed by atoms with Crippen molar-refractivity contribution >= 4 is 0 Å². The van der Waals surface area contributed by atoms with Crippen LogP contribution < -0.4 is 0 Å². The van der Waals surface area contributed by atoms with Gasteiger partial charge in [-0.05, 0) is 25.8 Å². The van der Waals surface area contributed by atoms with E-state index in [2.05, 4.69) is 6.07 Å². The molecule has 0 aliphatic heterocycles. The van der Waals surface area contributed by atoms with E-state index < -0.39 is 22.7 Å². The summed E-state index contributed by atoms with van der Waals surface area (Å²) in [4.78, 5) is 0. The van der Waals surface area contributed by atoms with Crippen LogP contribution in [0.25, 0.3) is 0 Å². The third-order valence-corrected chi connectivity index (χ3v) is 4.58. The molecule has 0 saturated heterocycles. The predicted octanol–water partition coefficient (Wildman–Crippen LogP) is 4.04. The van der Waals surface area contributed by atoms with E-state index in [1.807, 2.05) is 0 Å². The zero-order valence-electron chi connectivity index (χ0n) is 11.6. The molecule has 1 aromatic carbocycles. The van der Waals surface area contributed by atoms with Crippen molar-refractivity contribution in [2.24, 2.45) is 5.41 Å². The van der Waals surface area contributed by atoms with Gasteiger partial charge in [0.1, 0.15) is 5.60 Å². The lowest BCUT2D eigenvalue weighted by Gasteiger charge is -2.40. The summed E-state index contributed by atoms with van der Waals surface area (Å²) >= 11 is 0. The van der Waals surface area contributed by atoms with Gasteiger partial charge in [-0.1, -0.05) is 37.8 Å². The number of rotatable bonds is 2. The first-order chi connectivity index (χ1) is 9.44. The summed E-state index contributed by atoms with van der Waals surface area (Å²) in [6.07, 6.45) is 4.66. The second-order valence-corrected chi connectivity index (χ2v) is 5.78. The average molecular weight is 279 g/mol. The largest absolute Gasteiger partial charge is 0.384 e. The molecule has 0 heterocycles. The van der Waals surface area contributed by atoms with Crippen molar-refractivity contribution < 1.29 is 13.9 Å². The van der Waals surface area contributed by atoms with Crippen LogP contribution in [0.2, 0.25) is 0 Å². The second-order valence-electron chi connectivity index (χ2n) is 5.78. The standard InChI is InChI=1S/C16H19F2NO/c1-15(20,12-7-6-8-13(17)14(12)18)16(11-19)9-4-2-3-5-10-16/h6-8,20H,2-5,9-10H2,1H3. The van der Waals surface area contributed by atoms with Crippen LogP contribution in [0.3, 0.4) is 0 Å². The Hall–Kier alpha value is -1.47. The van der Waals surface area contributed by atoms with E-state index in [0.29, 0.717) is 12.8 Å². The van der Waals surface area contributed by atoms with Crippen molar-refractivity contribution in [3.05, 3.63) is 35.4 Å². The molecule has 108 valence electrons. The summed E-state index contributed by atoms with van der Waals surface area (Å²) in [5.41, 5.74) is -2.88. The van der Waals surface area contributed by atoms with Crippen LogP contribution in [-0.4, -0.2) is 5.11 Å². The Kier molecular flexibility index (Phi) is 4.10. The number of hydrogen-bond acceptors (Lipinski definition) is 2. The van der Waals surface area contributed by atoms with Crippen LogP contribution >= 0.6 is 0 Å². The van der Waals surface area contributed by atoms with Crippen molar-refractivity contribution in [3.63, 3.8) is 0 Å². The molecular formula is C16H19F2NO. The molecule has 20 heavy (non-hydrogen) atoms. The minimum absolute atomic E-state index is 0.124. The van der Waals surface area contributed by atoms with Gasteiger partial charge in [0.05, 0.1) is 11.5 Å². The van der Waals surface area contributed by atoms with Crippen molar-refractivity contribution in [1.29, 1.82) is 5.26 Å². The third kappa shape index (κ3) is 2.31. The molecule has 2 rings (SSSR count). The molecule has 1 saturated carbocycles. The Morgan fingerprint density at radius 1 is 1.20 bits per heavy atom. The maximum Gasteiger partial charge on any atom is 0.164 e. The van der Waals surface area contributed by atoms with Crippen molar-refractivity contribution in [3.8, 4) is 6.07 Å². The topological polar surface area (TPSA) is 44.0 Å². The van der Waals surface area contributed by atoms with Gasteiger partial charge in [-0.15, -0.1) is 0 Å². The highest BCUT2D eigenvalue weighted by Gasteiger charge is 2.50. The first kappa shape index (κ1) is 14.9. The van der Waals surface area contributed by atoms with Crippen molar-refractivity contribution in [1.82, 2.24) is 0 Å². The number of benzene rings is 1. The lowest BCUT2D eigenvalue weighted by molar-refractivity contribution is -0.0563. The first-order valence-corrected chi connectivity index (χ1v) is 7.03. The van der Waals surface area contributed by atoms with E-state index in [9.17, 15) is 19.1 Å². The van der Waals surface area contributed by atoms with Crippen LogP contribution in [0.1, 0.15) is 51.0 Å². The summed E-state index contributed by atoms with van der Waals surface area (Å²) < 4.78 is 27.4. The van der Waals surface area contributed by atoms with E-state index >= 15 is 0 Å². The maximum absolute atomic E-state index is 14.0. The monoisotopic (exact) mass is 279 g/mol. The molecule has 1 aromatic rings. The molecule has 0 amide bonds. The van der Waals surface area contributed by atoms with Crippen LogP contribution in [-0.2, 0) is 5.60 Å². The maximum atomic E-state index is 14.0. The lowest BCUT2D eigenvalue weighted by Crippen LogP contribution is -2.43. The minimum Gasteiger partial charge on any atom is -0.384 e.